The van der Waals surface area contributed by atoms with Gasteiger partial charge < -0.3 is 14.8 Å². The van der Waals surface area contributed by atoms with Crippen LogP contribution in [0.4, 0.5) is 0 Å². The van der Waals surface area contributed by atoms with E-state index in [-0.39, 0.29) is 0 Å². The number of methoxy groups -OCH3 is 2. The average molecular weight is 250 g/mol. The van der Waals surface area contributed by atoms with Crippen molar-refractivity contribution in [1.29, 1.82) is 0 Å². The molecule has 1 heterocycles. The third-order valence-corrected chi connectivity index (χ3v) is 3.40. The zero-order valence-electron chi connectivity index (χ0n) is 11.5. The molecule has 100 valence electrons. The van der Waals surface area contributed by atoms with Crippen molar-refractivity contribution >= 4 is 0 Å². The molecule has 1 aromatic carbocycles. The fraction of sp³-hybridized carbons (Fsp3) is 0.571. The molecule has 0 radical (unpaired) electrons. The maximum atomic E-state index is 5.46. The lowest BCUT2D eigenvalue weighted by Crippen LogP contribution is -2.42. The lowest BCUT2D eigenvalue weighted by Gasteiger charge is -2.28. The summed E-state index contributed by atoms with van der Waals surface area (Å²) in [4.78, 5) is 2.44. The number of ether oxygens (including phenoxy) is 2. The van der Waals surface area contributed by atoms with Gasteiger partial charge in [-0.2, -0.15) is 0 Å². The molecule has 18 heavy (non-hydrogen) atoms. The molecule has 1 fully saturated rings. The minimum absolute atomic E-state index is 0.885. The van der Waals surface area contributed by atoms with Crippen LogP contribution in [0.3, 0.4) is 0 Å². The van der Waals surface area contributed by atoms with Crippen molar-refractivity contribution in [2.75, 3.05) is 40.4 Å². The summed E-state index contributed by atoms with van der Waals surface area (Å²) in [7, 11) is 3.41. The lowest BCUT2D eigenvalue weighted by atomic mass is 10.1. The molecule has 4 heteroatoms. The molecule has 4 nitrogen and oxygen atoms in total. The van der Waals surface area contributed by atoms with E-state index in [1.165, 1.54) is 5.56 Å². The van der Waals surface area contributed by atoms with Crippen molar-refractivity contribution in [3.05, 3.63) is 23.3 Å². The normalized spacial score (nSPS) is 16.6. The van der Waals surface area contributed by atoms with Gasteiger partial charge in [0.2, 0.25) is 0 Å². The maximum Gasteiger partial charge on any atom is 0.127 e. The van der Waals surface area contributed by atoms with Gasteiger partial charge in [-0.05, 0) is 18.6 Å². The number of benzene rings is 1. The molecule has 1 N–H and O–H groups in total. The molecule has 1 aliphatic heterocycles. The second-order valence-corrected chi connectivity index (χ2v) is 4.66. The first-order chi connectivity index (χ1) is 8.74. The van der Waals surface area contributed by atoms with Crippen LogP contribution < -0.4 is 14.8 Å². The molecule has 0 spiro atoms. The van der Waals surface area contributed by atoms with Gasteiger partial charge >= 0.3 is 0 Å². The first-order valence-corrected chi connectivity index (χ1v) is 6.39. The minimum atomic E-state index is 0.885. The molecule has 0 aliphatic carbocycles. The summed E-state index contributed by atoms with van der Waals surface area (Å²) in [6.07, 6.45) is 0. The highest BCUT2D eigenvalue weighted by molar-refractivity contribution is 5.46. The fourth-order valence-corrected chi connectivity index (χ4v) is 2.37. The van der Waals surface area contributed by atoms with Crippen molar-refractivity contribution in [2.24, 2.45) is 0 Å². The molecule has 0 saturated carbocycles. The van der Waals surface area contributed by atoms with Gasteiger partial charge in [0.1, 0.15) is 11.5 Å². The van der Waals surface area contributed by atoms with Gasteiger partial charge in [-0.25, -0.2) is 0 Å². The zero-order valence-corrected chi connectivity index (χ0v) is 11.5. The molecule has 0 bridgehead atoms. The molecule has 0 unspecified atom stereocenters. The summed E-state index contributed by atoms with van der Waals surface area (Å²) in [5.41, 5.74) is 2.39. The summed E-state index contributed by atoms with van der Waals surface area (Å²) < 4.78 is 10.8. The SMILES string of the molecule is COc1cc(OC)c(CN2CCNCC2)cc1C. The van der Waals surface area contributed by atoms with Gasteiger partial charge in [0.05, 0.1) is 14.2 Å². The van der Waals surface area contributed by atoms with E-state index in [4.69, 9.17) is 9.47 Å². The molecular formula is C14H22N2O2. The van der Waals surface area contributed by atoms with Gasteiger partial charge in [-0.1, -0.05) is 0 Å². The Morgan fingerprint density at radius 3 is 2.39 bits per heavy atom. The van der Waals surface area contributed by atoms with Crippen LogP contribution in [0.2, 0.25) is 0 Å². The Balaban J connectivity index is 2.17. The number of nitrogens with zero attached hydrogens (tertiary/aromatic N) is 1. The molecular weight excluding hydrogens is 228 g/mol. The van der Waals surface area contributed by atoms with Gasteiger partial charge in [-0.3, -0.25) is 4.90 Å². The van der Waals surface area contributed by atoms with E-state index in [2.05, 4.69) is 23.2 Å². The minimum Gasteiger partial charge on any atom is -0.496 e. The molecule has 0 aromatic heterocycles. The average Bonchev–Trinajstić information content (AvgIpc) is 2.40. The van der Waals surface area contributed by atoms with E-state index in [9.17, 15) is 0 Å². The first-order valence-electron chi connectivity index (χ1n) is 6.39. The Hall–Kier alpha value is -1.26. The number of piperazine rings is 1. The van der Waals surface area contributed by atoms with Crippen LogP contribution in [0.15, 0.2) is 12.1 Å². The summed E-state index contributed by atoms with van der Waals surface area (Å²) in [6.45, 7) is 7.33. The van der Waals surface area contributed by atoms with E-state index in [0.29, 0.717) is 0 Å². The van der Waals surface area contributed by atoms with Crippen LogP contribution >= 0.6 is 0 Å². The largest absolute Gasteiger partial charge is 0.496 e. The predicted octanol–water partition coefficient (Wildman–Crippen LogP) is 1.42. The van der Waals surface area contributed by atoms with Gasteiger partial charge in [-0.15, -0.1) is 0 Å². The maximum absolute atomic E-state index is 5.46. The quantitative estimate of drug-likeness (QED) is 0.876. The highest BCUT2D eigenvalue weighted by Gasteiger charge is 2.14. The number of rotatable bonds is 4. The smallest absolute Gasteiger partial charge is 0.127 e. The standard InChI is InChI=1S/C14H22N2O2/c1-11-8-12(10-16-6-4-15-5-7-16)14(18-3)9-13(11)17-2/h8-9,15H,4-7,10H2,1-3H3. The number of aryl methyl sites for hydroxylation is 1. The Labute approximate surface area is 109 Å². The topological polar surface area (TPSA) is 33.7 Å². The molecule has 1 aliphatic rings. The van der Waals surface area contributed by atoms with Crippen molar-refractivity contribution < 1.29 is 9.47 Å². The molecule has 2 rings (SSSR count). The van der Waals surface area contributed by atoms with E-state index < -0.39 is 0 Å². The van der Waals surface area contributed by atoms with Crippen LogP contribution in [0.1, 0.15) is 11.1 Å². The van der Waals surface area contributed by atoms with Gasteiger partial charge in [0, 0.05) is 44.4 Å². The van der Waals surface area contributed by atoms with Gasteiger partial charge in [0.15, 0.2) is 0 Å². The van der Waals surface area contributed by atoms with Crippen LogP contribution in [-0.2, 0) is 6.54 Å². The highest BCUT2D eigenvalue weighted by atomic mass is 16.5. The Kier molecular flexibility index (Phi) is 4.44. The third-order valence-electron chi connectivity index (χ3n) is 3.40. The van der Waals surface area contributed by atoms with Crippen LogP contribution in [-0.4, -0.2) is 45.3 Å². The van der Waals surface area contributed by atoms with Crippen molar-refractivity contribution in [3.8, 4) is 11.5 Å². The lowest BCUT2D eigenvalue weighted by molar-refractivity contribution is 0.230. The van der Waals surface area contributed by atoms with E-state index in [0.717, 1.165) is 49.8 Å². The molecule has 1 saturated heterocycles. The Morgan fingerprint density at radius 2 is 1.78 bits per heavy atom. The van der Waals surface area contributed by atoms with Crippen LogP contribution in [0.5, 0.6) is 11.5 Å². The third kappa shape index (κ3) is 2.94. The van der Waals surface area contributed by atoms with Crippen LogP contribution in [0, 0.1) is 6.92 Å². The van der Waals surface area contributed by atoms with E-state index >= 15 is 0 Å². The van der Waals surface area contributed by atoms with E-state index in [1.807, 2.05) is 6.07 Å². The van der Waals surface area contributed by atoms with E-state index in [1.54, 1.807) is 14.2 Å². The summed E-state index contributed by atoms with van der Waals surface area (Å²) >= 11 is 0. The zero-order chi connectivity index (χ0) is 13.0. The summed E-state index contributed by atoms with van der Waals surface area (Å²) in [5, 5.41) is 3.37. The molecule has 0 atom stereocenters. The van der Waals surface area contributed by atoms with Crippen LogP contribution in [0.25, 0.3) is 0 Å². The number of nitrogens with one attached hydrogen (secondary N) is 1. The van der Waals surface area contributed by atoms with Crippen molar-refractivity contribution in [3.63, 3.8) is 0 Å². The predicted molar refractivity (Wildman–Crippen MR) is 72.4 cm³/mol. The Morgan fingerprint density at radius 1 is 1.11 bits per heavy atom. The molecule has 1 aromatic rings. The van der Waals surface area contributed by atoms with Gasteiger partial charge in [0.25, 0.3) is 0 Å². The monoisotopic (exact) mass is 250 g/mol. The number of hydrogen-bond acceptors (Lipinski definition) is 4. The van der Waals surface area contributed by atoms with Crippen molar-refractivity contribution in [1.82, 2.24) is 10.2 Å². The number of hydrogen-bond donors (Lipinski definition) is 1. The highest BCUT2D eigenvalue weighted by Crippen LogP contribution is 2.29. The summed E-state index contributed by atoms with van der Waals surface area (Å²) in [6, 6.07) is 4.15. The van der Waals surface area contributed by atoms with Crippen molar-refractivity contribution in [2.45, 2.75) is 13.5 Å². The molecule has 0 amide bonds. The first kappa shape index (κ1) is 13.2. The summed E-state index contributed by atoms with van der Waals surface area (Å²) in [5.74, 6) is 1.80. The second-order valence-electron chi connectivity index (χ2n) is 4.66. The fourth-order valence-electron chi connectivity index (χ4n) is 2.37. The second kappa shape index (κ2) is 6.07. The Bertz CT molecular complexity index is 401.